The number of ketones is 1. The fourth-order valence-corrected chi connectivity index (χ4v) is 3.96. The first-order chi connectivity index (χ1) is 6.60. The fraction of sp³-hybridized carbons (Fsp3) is 0.889. The van der Waals surface area contributed by atoms with Crippen molar-refractivity contribution >= 4 is 15.8 Å². The Bertz CT molecular complexity index is 332. The lowest BCUT2D eigenvalue weighted by atomic mass is 10.0. The van der Waals surface area contributed by atoms with E-state index in [-0.39, 0.29) is 17.6 Å². The van der Waals surface area contributed by atoms with E-state index in [9.17, 15) is 13.2 Å². The van der Waals surface area contributed by atoms with Crippen molar-refractivity contribution in [2.24, 2.45) is 0 Å². The van der Waals surface area contributed by atoms with Gasteiger partial charge >= 0.3 is 0 Å². The third kappa shape index (κ3) is 1.70. The lowest BCUT2D eigenvalue weighted by Gasteiger charge is -2.33. The van der Waals surface area contributed by atoms with Crippen LogP contribution in [0.25, 0.3) is 0 Å². The average Bonchev–Trinajstić information content (AvgIpc) is 2.00. The molecule has 0 amide bonds. The van der Waals surface area contributed by atoms with Crippen molar-refractivity contribution in [2.75, 3.05) is 13.1 Å². The van der Waals surface area contributed by atoms with Gasteiger partial charge in [-0.1, -0.05) is 6.42 Å². The minimum absolute atomic E-state index is 0.0548. The van der Waals surface area contributed by atoms with Crippen LogP contribution in [0.15, 0.2) is 0 Å². The van der Waals surface area contributed by atoms with Gasteiger partial charge in [0, 0.05) is 13.0 Å². The van der Waals surface area contributed by atoms with E-state index in [4.69, 9.17) is 0 Å². The van der Waals surface area contributed by atoms with Gasteiger partial charge in [-0.3, -0.25) is 4.79 Å². The highest BCUT2D eigenvalue weighted by molar-refractivity contribution is 7.89. The zero-order valence-corrected chi connectivity index (χ0v) is 8.92. The second kappa shape index (κ2) is 3.62. The molecule has 1 aliphatic heterocycles. The second-order valence-electron chi connectivity index (χ2n) is 4.07. The number of carbonyl (C=O) groups is 1. The fourth-order valence-electron chi connectivity index (χ4n) is 1.90. The maximum Gasteiger partial charge on any atom is 0.217 e. The number of sulfonamides is 1. The number of hydrogen-bond acceptors (Lipinski definition) is 3. The molecule has 80 valence electrons. The first-order valence-electron chi connectivity index (χ1n) is 5.11. The Kier molecular flexibility index (Phi) is 2.62. The largest absolute Gasteiger partial charge is 0.298 e. The molecule has 0 unspecified atom stereocenters. The van der Waals surface area contributed by atoms with Gasteiger partial charge in [0.1, 0.15) is 5.78 Å². The van der Waals surface area contributed by atoms with Gasteiger partial charge in [-0.2, -0.15) is 4.31 Å². The predicted molar refractivity (Wildman–Crippen MR) is 52.4 cm³/mol. The van der Waals surface area contributed by atoms with E-state index in [0.29, 0.717) is 19.4 Å². The summed E-state index contributed by atoms with van der Waals surface area (Å²) in [5.74, 6) is 0.0548. The molecule has 0 aromatic rings. The molecule has 2 aliphatic rings. The van der Waals surface area contributed by atoms with Crippen LogP contribution in [-0.4, -0.2) is 36.8 Å². The van der Waals surface area contributed by atoms with E-state index in [0.717, 1.165) is 19.3 Å². The zero-order chi connectivity index (χ0) is 10.2. The molecule has 0 spiro atoms. The van der Waals surface area contributed by atoms with E-state index >= 15 is 0 Å². The Morgan fingerprint density at radius 3 is 2.43 bits per heavy atom. The van der Waals surface area contributed by atoms with E-state index in [1.165, 1.54) is 4.31 Å². The van der Waals surface area contributed by atoms with Crippen molar-refractivity contribution in [2.45, 2.75) is 37.4 Å². The molecular weight excluding hydrogens is 202 g/mol. The quantitative estimate of drug-likeness (QED) is 0.678. The smallest absolute Gasteiger partial charge is 0.217 e. The van der Waals surface area contributed by atoms with Crippen LogP contribution in [0, 0.1) is 0 Å². The van der Waals surface area contributed by atoms with Crippen LogP contribution in [0.2, 0.25) is 0 Å². The molecule has 1 heterocycles. The number of hydrogen-bond donors (Lipinski definition) is 0. The van der Waals surface area contributed by atoms with Crippen LogP contribution in [0.4, 0.5) is 0 Å². The van der Waals surface area contributed by atoms with Gasteiger partial charge in [0.05, 0.1) is 11.8 Å². The minimum atomic E-state index is -3.15. The second-order valence-corrected chi connectivity index (χ2v) is 6.29. The van der Waals surface area contributed by atoms with Crippen LogP contribution in [0.5, 0.6) is 0 Å². The van der Waals surface area contributed by atoms with Crippen molar-refractivity contribution < 1.29 is 13.2 Å². The van der Waals surface area contributed by atoms with Gasteiger partial charge in [0.2, 0.25) is 10.0 Å². The van der Waals surface area contributed by atoms with E-state index in [2.05, 4.69) is 0 Å². The molecule has 1 saturated carbocycles. The molecule has 0 radical (unpaired) electrons. The molecule has 2 fully saturated rings. The van der Waals surface area contributed by atoms with E-state index in [1.54, 1.807) is 0 Å². The highest BCUT2D eigenvalue weighted by Gasteiger charge is 2.37. The summed E-state index contributed by atoms with van der Waals surface area (Å²) >= 11 is 0. The molecule has 0 aromatic heterocycles. The van der Waals surface area contributed by atoms with Gasteiger partial charge in [0.25, 0.3) is 0 Å². The number of nitrogens with zero attached hydrogens (tertiary/aromatic N) is 1. The molecule has 14 heavy (non-hydrogen) atoms. The summed E-state index contributed by atoms with van der Waals surface area (Å²) in [6, 6.07) is 0. The van der Waals surface area contributed by atoms with Crippen LogP contribution in [0.3, 0.4) is 0 Å². The summed E-state index contributed by atoms with van der Waals surface area (Å²) in [5, 5.41) is -0.201. The summed E-state index contributed by atoms with van der Waals surface area (Å²) < 4.78 is 25.2. The molecule has 0 aromatic carbocycles. The average molecular weight is 217 g/mol. The number of carbonyl (C=O) groups excluding carboxylic acids is 1. The van der Waals surface area contributed by atoms with Gasteiger partial charge < -0.3 is 0 Å². The first-order valence-corrected chi connectivity index (χ1v) is 6.62. The molecule has 1 saturated heterocycles. The van der Waals surface area contributed by atoms with Crippen molar-refractivity contribution in [3.05, 3.63) is 0 Å². The van der Waals surface area contributed by atoms with Crippen molar-refractivity contribution in [1.82, 2.24) is 4.31 Å². The van der Waals surface area contributed by atoms with Crippen LogP contribution in [0.1, 0.15) is 32.1 Å². The first kappa shape index (κ1) is 10.1. The van der Waals surface area contributed by atoms with E-state index in [1.807, 2.05) is 0 Å². The molecule has 1 aliphatic carbocycles. The third-order valence-electron chi connectivity index (χ3n) is 3.05. The molecule has 0 atom stereocenters. The normalized spacial score (nSPS) is 26.1. The standard InChI is InChI=1S/C9H15NO3S/c11-8-3-2-6-10(7-8)14(12,13)9-4-1-5-9/h9H,1-7H2. The Labute approximate surface area is 84.3 Å². The number of Topliss-reactive ketones (excluding diaryl/α,β-unsaturated/α-hetero) is 1. The summed E-state index contributed by atoms with van der Waals surface area (Å²) in [5.41, 5.74) is 0. The number of piperidine rings is 1. The Morgan fingerprint density at radius 2 is 1.93 bits per heavy atom. The van der Waals surface area contributed by atoms with E-state index < -0.39 is 10.0 Å². The molecular formula is C9H15NO3S. The maximum absolute atomic E-state index is 11.9. The topological polar surface area (TPSA) is 54.5 Å². The minimum Gasteiger partial charge on any atom is -0.298 e. The van der Waals surface area contributed by atoms with Crippen molar-refractivity contribution in [3.63, 3.8) is 0 Å². The van der Waals surface area contributed by atoms with Crippen LogP contribution in [-0.2, 0) is 14.8 Å². The van der Waals surface area contributed by atoms with Crippen molar-refractivity contribution in [1.29, 1.82) is 0 Å². The predicted octanol–water partition coefficient (Wildman–Crippen LogP) is 0.534. The molecule has 5 heteroatoms. The Morgan fingerprint density at radius 1 is 1.21 bits per heavy atom. The summed E-state index contributed by atoms with van der Waals surface area (Å²) in [7, 11) is -3.15. The van der Waals surface area contributed by atoms with Crippen molar-refractivity contribution in [3.8, 4) is 0 Å². The molecule has 0 N–H and O–H groups in total. The van der Waals surface area contributed by atoms with Gasteiger partial charge in [-0.05, 0) is 19.3 Å². The highest BCUT2D eigenvalue weighted by atomic mass is 32.2. The zero-order valence-electron chi connectivity index (χ0n) is 8.11. The molecule has 4 nitrogen and oxygen atoms in total. The monoisotopic (exact) mass is 217 g/mol. The number of rotatable bonds is 2. The highest BCUT2D eigenvalue weighted by Crippen LogP contribution is 2.29. The van der Waals surface area contributed by atoms with Gasteiger partial charge in [-0.25, -0.2) is 8.42 Å². The summed E-state index contributed by atoms with van der Waals surface area (Å²) in [6.07, 6.45) is 3.77. The Balaban J connectivity index is 2.08. The molecule has 0 bridgehead atoms. The Hall–Kier alpha value is -0.420. The van der Waals surface area contributed by atoms with Gasteiger partial charge in [-0.15, -0.1) is 0 Å². The lowest BCUT2D eigenvalue weighted by Crippen LogP contribution is -2.46. The van der Waals surface area contributed by atoms with Crippen LogP contribution < -0.4 is 0 Å². The summed E-state index contributed by atoms with van der Waals surface area (Å²) in [4.78, 5) is 11.1. The maximum atomic E-state index is 11.9. The van der Waals surface area contributed by atoms with Gasteiger partial charge in [0.15, 0.2) is 0 Å². The lowest BCUT2D eigenvalue weighted by molar-refractivity contribution is -0.120. The third-order valence-corrected chi connectivity index (χ3v) is 5.39. The molecule has 2 rings (SSSR count). The summed E-state index contributed by atoms with van der Waals surface area (Å²) in [6.45, 7) is 0.642. The SMILES string of the molecule is O=C1CCCN(S(=O)(=O)C2CCC2)C1. The van der Waals surface area contributed by atoms with Crippen LogP contribution >= 0.6 is 0 Å².